The van der Waals surface area contributed by atoms with Crippen molar-refractivity contribution in [1.82, 2.24) is 5.32 Å². The van der Waals surface area contributed by atoms with E-state index in [2.05, 4.69) is 10.6 Å². The average Bonchev–Trinajstić information content (AvgIpc) is 2.48. The Labute approximate surface area is 132 Å². The standard InChI is InChI=1S/C16H14ClFN2O2/c1-10-6-7-14(12(17)8-10)20-15(21)9-19-16(22)11-4-2-3-5-13(11)18/h2-8H,9H2,1H3,(H,19,22)(H,20,21). The monoisotopic (exact) mass is 320 g/mol. The Morgan fingerprint density at radius 3 is 2.59 bits per heavy atom. The molecule has 4 nitrogen and oxygen atoms in total. The van der Waals surface area contributed by atoms with Crippen LogP contribution in [-0.4, -0.2) is 18.4 Å². The van der Waals surface area contributed by atoms with Gasteiger partial charge in [0.2, 0.25) is 5.91 Å². The van der Waals surface area contributed by atoms with Crippen molar-refractivity contribution < 1.29 is 14.0 Å². The maximum absolute atomic E-state index is 13.4. The fourth-order valence-electron chi connectivity index (χ4n) is 1.82. The zero-order valence-electron chi connectivity index (χ0n) is 11.8. The molecule has 0 atom stereocenters. The molecule has 0 aliphatic rings. The lowest BCUT2D eigenvalue weighted by atomic mass is 10.2. The molecule has 22 heavy (non-hydrogen) atoms. The molecule has 0 saturated carbocycles. The second kappa shape index (κ2) is 7.04. The highest BCUT2D eigenvalue weighted by atomic mass is 35.5. The van der Waals surface area contributed by atoms with E-state index in [9.17, 15) is 14.0 Å². The molecule has 0 aliphatic carbocycles. The van der Waals surface area contributed by atoms with Gasteiger partial charge in [0.15, 0.2) is 0 Å². The summed E-state index contributed by atoms with van der Waals surface area (Å²) in [6.07, 6.45) is 0. The number of hydrogen-bond acceptors (Lipinski definition) is 2. The van der Waals surface area contributed by atoms with Crippen LogP contribution in [0.2, 0.25) is 5.02 Å². The van der Waals surface area contributed by atoms with Gasteiger partial charge in [0.05, 0.1) is 22.8 Å². The summed E-state index contributed by atoms with van der Waals surface area (Å²) in [5.41, 5.74) is 1.32. The molecule has 6 heteroatoms. The second-order valence-corrected chi connectivity index (χ2v) is 5.10. The second-order valence-electron chi connectivity index (χ2n) is 4.69. The lowest BCUT2D eigenvalue weighted by Crippen LogP contribution is -2.33. The summed E-state index contributed by atoms with van der Waals surface area (Å²) >= 11 is 6.00. The number of carbonyl (C=O) groups excluding carboxylic acids is 2. The minimum atomic E-state index is -0.650. The highest BCUT2D eigenvalue weighted by Crippen LogP contribution is 2.22. The number of benzene rings is 2. The van der Waals surface area contributed by atoms with Crippen LogP contribution in [0.25, 0.3) is 0 Å². The van der Waals surface area contributed by atoms with Crippen LogP contribution in [0, 0.1) is 12.7 Å². The topological polar surface area (TPSA) is 58.2 Å². The van der Waals surface area contributed by atoms with Crippen LogP contribution in [0.15, 0.2) is 42.5 Å². The number of rotatable bonds is 4. The van der Waals surface area contributed by atoms with E-state index in [1.165, 1.54) is 18.2 Å². The fourth-order valence-corrected chi connectivity index (χ4v) is 2.10. The summed E-state index contributed by atoms with van der Waals surface area (Å²) in [5.74, 6) is -1.74. The SMILES string of the molecule is Cc1ccc(NC(=O)CNC(=O)c2ccccc2F)c(Cl)c1. The first-order valence-electron chi connectivity index (χ1n) is 6.56. The molecule has 0 fully saturated rings. The molecular weight excluding hydrogens is 307 g/mol. The number of hydrogen-bond donors (Lipinski definition) is 2. The van der Waals surface area contributed by atoms with Gasteiger partial charge >= 0.3 is 0 Å². The van der Waals surface area contributed by atoms with Gasteiger partial charge < -0.3 is 10.6 Å². The lowest BCUT2D eigenvalue weighted by molar-refractivity contribution is -0.115. The molecule has 0 spiro atoms. The van der Waals surface area contributed by atoms with Gasteiger partial charge in [-0.25, -0.2) is 4.39 Å². The number of amides is 2. The van der Waals surface area contributed by atoms with Crippen LogP contribution >= 0.6 is 11.6 Å². The van der Waals surface area contributed by atoms with E-state index in [0.717, 1.165) is 5.56 Å². The predicted molar refractivity (Wildman–Crippen MR) is 83.6 cm³/mol. The summed E-state index contributed by atoms with van der Waals surface area (Å²) in [6, 6.07) is 10.8. The van der Waals surface area contributed by atoms with E-state index in [-0.39, 0.29) is 12.1 Å². The minimum absolute atomic E-state index is 0.108. The minimum Gasteiger partial charge on any atom is -0.343 e. The predicted octanol–water partition coefficient (Wildman–Crippen LogP) is 3.16. The molecule has 0 unspecified atom stereocenters. The Hall–Kier alpha value is -2.40. The zero-order valence-corrected chi connectivity index (χ0v) is 12.6. The third-order valence-corrected chi connectivity index (χ3v) is 3.24. The number of nitrogens with one attached hydrogen (secondary N) is 2. The van der Waals surface area contributed by atoms with Crippen LogP contribution < -0.4 is 10.6 Å². The summed E-state index contributed by atoms with van der Waals surface area (Å²) < 4.78 is 13.4. The van der Waals surface area contributed by atoms with Gasteiger partial charge in [-0.2, -0.15) is 0 Å². The molecule has 0 saturated heterocycles. The van der Waals surface area contributed by atoms with Gasteiger partial charge in [-0.1, -0.05) is 29.8 Å². The Morgan fingerprint density at radius 1 is 1.18 bits per heavy atom. The number of carbonyl (C=O) groups is 2. The Balaban J connectivity index is 1.93. The smallest absolute Gasteiger partial charge is 0.254 e. The Bertz CT molecular complexity index is 719. The van der Waals surface area contributed by atoms with Gasteiger partial charge in [-0.15, -0.1) is 0 Å². The molecule has 0 heterocycles. The van der Waals surface area contributed by atoms with Crippen LogP contribution in [0.3, 0.4) is 0 Å². The van der Waals surface area contributed by atoms with Crippen molar-refractivity contribution in [3.8, 4) is 0 Å². The fraction of sp³-hybridized carbons (Fsp3) is 0.125. The number of aryl methyl sites for hydroxylation is 1. The summed E-state index contributed by atoms with van der Waals surface area (Å²) in [5, 5.41) is 5.35. The van der Waals surface area contributed by atoms with E-state index in [1.807, 2.05) is 6.92 Å². The van der Waals surface area contributed by atoms with E-state index in [1.54, 1.807) is 24.3 Å². The molecule has 114 valence electrons. The van der Waals surface area contributed by atoms with E-state index >= 15 is 0 Å². The normalized spacial score (nSPS) is 10.1. The van der Waals surface area contributed by atoms with Crippen LogP contribution in [0.4, 0.5) is 10.1 Å². The molecule has 2 amide bonds. The molecule has 2 aromatic rings. The summed E-state index contributed by atoms with van der Waals surface area (Å²) in [6.45, 7) is 1.60. The quantitative estimate of drug-likeness (QED) is 0.909. The van der Waals surface area contributed by atoms with Gasteiger partial charge in [-0.05, 0) is 36.8 Å². The summed E-state index contributed by atoms with van der Waals surface area (Å²) in [7, 11) is 0. The molecule has 0 aliphatic heterocycles. The maximum atomic E-state index is 13.4. The van der Waals surface area contributed by atoms with Crippen molar-refractivity contribution in [1.29, 1.82) is 0 Å². The molecule has 2 rings (SSSR count). The molecule has 0 bridgehead atoms. The first-order chi connectivity index (χ1) is 10.5. The summed E-state index contributed by atoms with van der Waals surface area (Å²) in [4.78, 5) is 23.6. The maximum Gasteiger partial charge on any atom is 0.254 e. The molecule has 0 aromatic heterocycles. The van der Waals surface area contributed by atoms with Gasteiger partial charge in [-0.3, -0.25) is 9.59 Å². The lowest BCUT2D eigenvalue weighted by Gasteiger charge is -2.09. The van der Waals surface area contributed by atoms with Crippen molar-refractivity contribution in [2.75, 3.05) is 11.9 Å². The largest absolute Gasteiger partial charge is 0.343 e. The number of anilines is 1. The third kappa shape index (κ3) is 4.05. The van der Waals surface area contributed by atoms with Crippen molar-refractivity contribution >= 4 is 29.1 Å². The molecule has 2 N–H and O–H groups in total. The van der Waals surface area contributed by atoms with Gasteiger partial charge in [0, 0.05) is 0 Å². The van der Waals surface area contributed by atoms with Gasteiger partial charge in [0.25, 0.3) is 5.91 Å². The van der Waals surface area contributed by atoms with Crippen LogP contribution in [-0.2, 0) is 4.79 Å². The van der Waals surface area contributed by atoms with E-state index in [4.69, 9.17) is 11.6 Å². The third-order valence-electron chi connectivity index (χ3n) is 2.93. The van der Waals surface area contributed by atoms with Crippen LogP contribution in [0.5, 0.6) is 0 Å². The molecule has 0 radical (unpaired) electrons. The van der Waals surface area contributed by atoms with Crippen molar-refractivity contribution in [2.24, 2.45) is 0 Å². The first kappa shape index (κ1) is 16.0. The molecule has 2 aromatic carbocycles. The van der Waals surface area contributed by atoms with Crippen molar-refractivity contribution in [2.45, 2.75) is 6.92 Å². The first-order valence-corrected chi connectivity index (χ1v) is 6.94. The molecular formula is C16H14ClFN2O2. The van der Waals surface area contributed by atoms with Crippen molar-refractivity contribution in [3.63, 3.8) is 0 Å². The average molecular weight is 321 g/mol. The highest BCUT2D eigenvalue weighted by molar-refractivity contribution is 6.33. The van der Waals surface area contributed by atoms with Crippen molar-refractivity contribution in [3.05, 3.63) is 64.4 Å². The van der Waals surface area contributed by atoms with Gasteiger partial charge in [0.1, 0.15) is 5.82 Å². The Morgan fingerprint density at radius 2 is 1.91 bits per heavy atom. The highest BCUT2D eigenvalue weighted by Gasteiger charge is 2.12. The van der Waals surface area contributed by atoms with Crippen LogP contribution in [0.1, 0.15) is 15.9 Å². The van der Waals surface area contributed by atoms with E-state index in [0.29, 0.717) is 10.7 Å². The van der Waals surface area contributed by atoms with E-state index < -0.39 is 17.6 Å². The zero-order chi connectivity index (χ0) is 16.1. The Kier molecular flexibility index (Phi) is 5.12. The number of halogens is 2.